The SMILES string of the molecule is CC1CCC(C(C)C)C(CC(=O)NCCc2ccccn2)C1. The predicted octanol–water partition coefficient (Wildman–Crippen LogP) is 3.84. The Hall–Kier alpha value is -1.38. The Morgan fingerprint density at radius 3 is 2.86 bits per heavy atom. The van der Waals surface area contributed by atoms with E-state index in [0.29, 0.717) is 30.7 Å². The number of aromatic nitrogens is 1. The molecule has 22 heavy (non-hydrogen) atoms. The third-order valence-corrected chi connectivity index (χ3v) is 5.04. The van der Waals surface area contributed by atoms with Crippen molar-refractivity contribution in [2.75, 3.05) is 6.54 Å². The van der Waals surface area contributed by atoms with Gasteiger partial charge in [0, 0.05) is 31.3 Å². The van der Waals surface area contributed by atoms with Crippen LogP contribution in [0.4, 0.5) is 0 Å². The number of hydrogen-bond acceptors (Lipinski definition) is 2. The van der Waals surface area contributed by atoms with Crippen LogP contribution in [0, 0.1) is 23.7 Å². The van der Waals surface area contributed by atoms with Crippen molar-refractivity contribution < 1.29 is 4.79 Å². The van der Waals surface area contributed by atoms with Crippen molar-refractivity contribution in [3.8, 4) is 0 Å². The van der Waals surface area contributed by atoms with Gasteiger partial charge in [-0.2, -0.15) is 0 Å². The van der Waals surface area contributed by atoms with Crippen LogP contribution >= 0.6 is 0 Å². The van der Waals surface area contributed by atoms with Crippen LogP contribution in [0.2, 0.25) is 0 Å². The number of pyridine rings is 1. The highest BCUT2D eigenvalue weighted by molar-refractivity contribution is 5.76. The molecule has 1 amide bonds. The molecular formula is C19H30N2O. The Labute approximate surface area is 134 Å². The highest BCUT2D eigenvalue weighted by Gasteiger charge is 2.31. The zero-order chi connectivity index (χ0) is 15.9. The van der Waals surface area contributed by atoms with Crippen LogP contribution in [-0.2, 0) is 11.2 Å². The first-order chi connectivity index (χ1) is 10.6. The summed E-state index contributed by atoms with van der Waals surface area (Å²) in [5.74, 6) is 2.91. The zero-order valence-corrected chi connectivity index (χ0v) is 14.2. The fraction of sp³-hybridized carbons (Fsp3) is 0.684. The summed E-state index contributed by atoms with van der Waals surface area (Å²) in [6.07, 6.45) is 7.10. The molecule has 0 aliphatic heterocycles. The number of nitrogens with one attached hydrogen (secondary N) is 1. The zero-order valence-electron chi connectivity index (χ0n) is 14.2. The summed E-state index contributed by atoms with van der Waals surface area (Å²) in [5.41, 5.74) is 1.04. The van der Waals surface area contributed by atoms with Gasteiger partial charge in [0.25, 0.3) is 0 Å². The van der Waals surface area contributed by atoms with Crippen molar-refractivity contribution in [3.05, 3.63) is 30.1 Å². The van der Waals surface area contributed by atoms with Gasteiger partial charge in [-0.05, 0) is 48.6 Å². The van der Waals surface area contributed by atoms with Crippen LogP contribution in [0.15, 0.2) is 24.4 Å². The second kappa shape index (κ2) is 8.30. The summed E-state index contributed by atoms with van der Waals surface area (Å²) in [4.78, 5) is 16.5. The minimum atomic E-state index is 0.209. The predicted molar refractivity (Wildman–Crippen MR) is 90.4 cm³/mol. The molecule has 1 heterocycles. The van der Waals surface area contributed by atoms with Gasteiger partial charge in [-0.25, -0.2) is 0 Å². The van der Waals surface area contributed by atoms with E-state index < -0.39 is 0 Å². The summed E-state index contributed by atoms with van der Waals surface area (Å²) < 4.78 is 0. The van der Waals surface area contributed by atoms with E-state index in [4.69, 9.17) is 0 Å². The first kappa shape index (κ1) is 17.0. The molecule has 0 aromatic carbocycles. The molecule has 1 aromatic heterocycles. The van der Waals surface area contributed by atoms with Crippen LogP contribution in [0.3, 0.4) is 0 Å². The van der Waals surface area contributed by atoms with E-state index >= 15 is 0 Å². The highest BCUT2D eigenvalue weighted by atomic mass is 16.1. The third-order valence-electron chi connectivity index (χ3n) is 5.04. The van der Waals surface area contributed by atoms with Crippen molar-refractivity contribution >= 4 is 5.91 Å². The molecule has 1 fully saturated rings. The molecule has 3 unspecified atom stereocenters. The monoisotopic (exact) mass is 302 g/mol. The van der Waals surface area contributed by atoms with E-state index in [-0.39, 0.29) is 5.91 Å². The molecule has 0 saturated heterocycles. The second-order valence-electron chi connectivity index (χ2n) is 7.21. The summed E-state index contributed by atoms with van der Waals surface area (Å²) in [7, 11) is 0. The number of carbonyl (C=O) groups excluding carboxylic acids is 1. The number of rotatable bonds is 6. The lowest BCUT2D eigenvalue weighted by molar-refractivity contribution is -0.123. The fourth-order valence-electron chi connectivity index (χ4n) is 3.82. The van der Waals surface area contributed by atoms with Crippen molar-refractivity contribution in [1.82, 2.24) is 10.3 Å². The molecule has 0 spiro atoms. The van der Waals surface area contributed by atoms with Crippen LogP contribution < -0.4 is 5.32 Å². The summed E-state index contributed by atoms with van der Waals surface area (Å²) in [5, 5.41) is 3.07. The summed E-state index contributed by atoms with van der Waals surface area (Å²) in [6, 6.07) is 5.91. The molecule has 1 aliphatic carbocycles. The third kappa shape index (κ3) is 5.11. The normalized spacial score (nSPS) is 25.2. The van der Waals surface area contributed by atoms with Crippen LogP contribution in [0.5, 0.6) is 0 Å². The average molecular weight is 302 g/mol. The van der Waals surface area contributed by atoms with Crippen molar-refractivity contribution in [1.29, 1.82) is 0 Å². The maximum absolute atomic E-state index is 12.2. The summed E-state index contributed by atoms with van der Waals surface area (Å²) in [6.45, 7) is 7.60. The number of nitrogens with zero attached hydrogens (tertiary/aromatic N) is 1. The van der Waals surface area contributed by atoms with Crippen LogP contribution in [0.1, 0.15) is 52.1 Å². The van der Waals surface area contributed by atoms with Gasteiger partial charge in [0.1, 0.15) is 0 Å². The molecule has 1 aromatic rings. The van der Waals surface area contributed by atoms with E-state index in [2.05, 4.69) is 31.1 Å². The van der Waals surface area contributed by atoms with Gasteiger partial charge in [-0.1, -0.05) is 33.3 Å². The maximum Gasteiger partial charge on any atom is 0.220 e. The maximum atomic E-state index is 12.2. The minimum absolute atomic E-state index is 0.209. The molecule has 3 heteroatoms. The molecular weight excluding hydrogens is 272 g/mol. The van der Waals surface area contributed by atoms with E-state index in [9.17, 15) is 4.79 Å². The number of amides is 1. The molecule has 122 valence electrons. The molecule has 0 bridgehead atoms. The lowest BCUT2D eigenvalue weighted by Gasteiger charge is -2.37. The smallest absolute Gasteiger partial charge is 0.220 e. The molecule has 1 N–H and O–H groups in total. The molecule has 0 radical (unpaired) electrons. The first-order valence-corrected chi connectivity index (χ1v) is 8.73. The Morgan fingerprint density at radius 2 is 2.18 bits per heavy atom. The number of carbonyl (C=O) groups is 1. The van der Waals surface area contributed by atoms with E-state index in [1.54, 1.807) is 6.20 Å². The highest BCUT2D eigenvalue weighted by Crippen LogP contribution is 2.39. The lowest BCUT2D eigenvalue weighted by Crippen LogP contribution is -2.34. The van der Waals surface area contributed by atoms with E-state index in [0.717, 1.165) is 18.0 Å². The second-order valence-corrected chi connectivity index (χ2v) is 7.21. The first-order valence-electron chi connectivity index (χ1n) is 8.73. The van der Waals surface area contributed by atoms with Gasteiger partial charge < -0.3 is 5.32 Å². The Kier molecular flexibility index (Phi) is 6.41. The molecule has 2 rings (SSSR count). The summed E-state index contributed by atoms with van der Waals surface area (Å²) >= 11 is 0. The van der Waals surface area contributed by atoms with Gasteiger partial charge in [-0.3, -0.25) is 9.78 Å². The fourth-order valence-corrected chi connectivity index (χ4v) is 3.82. The van der Waals surface area contributed by atoms with Gasteiger partial charge in [-0.15, -0.1) is 0 Å². The molecule has 3 nitrogen and oxygen atoms in total. The van der Waals surface area contributed by atoms with Gasteiger partial charge in [0.2, 0.25) is 5.91 Å². The van der Waals surface area contributed by atoms with Gasteiger partial charge in [0.05, 0.1) is 0 Å². The van der Waals surface area contributed by atoms with E-state index in [1.807, 2.05) is 18.2 Å². The molecule has 3 atom stereocenters. The number of hydrogen-bond donors (Lipinski definition) is 1. The largest absolute Gasteiger partial charge is 0.356 e. The van der Waals surface area contributed by atoms with Gasteiger partial charge in [0.15, 0.2) is 0 Å². The standard InChI is InChI=1S/C19H30N2O/c1-14(2)18-8-7-15(3)12-16(18)13-19(22)21-11-9-17-6-4-5-10-20-17/h4-6,10,14-16,18H,7-9,11-13H2,1-3H3,(H,21,22). The van der Waals surface area contributed by atoms with Crippen LogP contribution in [0.25, 0.3) is 0 Å². The topological polar surface area (TPSA) is 42.0 Å². The Bertz CT molecular complexity index is 458. The molecule has 1 aliphatic rings. The Morgan fingerprint density at radius 1 is 1.36 bits per heavy atom. The Balaban J connectivity index is 1.77. The van der Waals surface area contributed by atoms with E-state index in [1.165, 1.54) is 19.3 Å². The molecule has 1 saturated carbocycles. The van der Waals surface area contributed by atoms with Crippen molar-refractivity contribution in [3.63, 3.8) is 0 Å². The van der Waals surface area contributed by atoms with Gasteiger partial charge >= 0.3 is 0 Å². The van der Waals surface area contributed by atoms with Crippen LogP contribution in [-0.4, -0.2) is 17.4 Å². The van der Waals surface area contributed by atoms with Crippen molar-refractivity contribution in [2.45, 2.75) is 52.9 Å². The van der Waals surface area contributed by atoms with Crippen molar-refractivity contribution in [2.24, 2.45) is 23.7 Å². The average Bonchev–Trinajstić information content (AvgIpc) is 2.48. The minimum Gasteiger partial charge on any atom is -0.356 e. The lowest BCUT2D eigenvalue weighted by atomic mass is 9.69. The quantitative estimate of drug-likeness (QED) is 0.867.